The van der Waals surface area contributed by atoms with Gasteiger partial charge in [0.2, 0.25) is 0 Å². The minimum atomic E-state index is -0.145. The SMILES string of the molecule is CNC(=O)c1ncc(N2CCN(Cc3ccc4c(c3)NC(=O)CO4)CC2)s1. The summed E-state index contributed by atoms with van der Waals surface area (Å²) in [6, 6.07) is 5.94. The van der Waals surface area contributed by atoms with E-state index in [1.54, 1.807) is 13.2 Å². The summed E-state index contributed by atoms with van der Waals surface area (Å²) in [6.45, 7) is 4.53. The van der Waals surface area contributed by atoms with Gasteiger partial charge in [0.25, 0.3) is 11.8 Å². The molecule has 1 aromatic heterocycles. The number of benzene rings is 1. The molecule has 0 atom stereocenters. The lowest BCUT2D eigenvalue weighted by Gasteiger charge is -2.35. The van der Waals surface area contributed by atoms with Gasteiger partial charge in [0.05, 0.1) is 11.9 Å². The van der Waals surface area contributed by atoms with Gasteiger partial charge in [-0.05, 0) is 17.7 Å². The Morgan fingerprint density at radius 1 is 1.33 bits per heavy atom. The Morgan fingerprint density at radius 2 is 2.15 bits per heavy atom. The van der Waals surface area contributed by atoms with Crippen LogP contribution in [0.25, 0.3) is 0 Å². The van der Waals surface area contributed by atoms with Crippen LogP contribution in [0, 0.1) is 0 Å². The molecule has 142 valence electrons. The molecular formula is C18H21N5O3S. The number of nitrogens with zero attached hydrogens (tertiary/aromatic N) is 3. The Labute approximate surface area is 161 Å². The van der Waals surface area contributed by atoms with E-state index in [2.05, 4.69) is 25.4 Å². The molecule has 2 N–H and O–H groups in total. The first-order valence-corrected chi connectivity index (χ1v) is 9.65. The summed E-state index contributed by atoms with van der Waals surface area (Å²) in [5.74, 6) is 0.461. The highest BCUT2D eigenvalue weighted by atomic mass is 32.1. The number of ether oxygens (including phenoxy) is 1. The van der Waals surface area contributed by atoms with Gasteiger partial charge in [0, 0.05) is 39.8 Å². The van der Waals surface area contributed by atoms with Gasteiger partial charge >= 0.3 is 0 Å². The molecule has 0 aliphatic carbocycles. The number of carbonyl (C=O) groups excluding carboxylic acids is 2. The lowest BCUT2D eigenvalue weighted by Crippen LogP contribution is -2.45. The van der Waals surface area contributed by atoms with Crippen molar-refractivity contribution in [1.29, 1.82) is 0 Å². The number of hydrogen-bond donors (Lipinski definition) is 2. The number of piperazine rings is 1. The van der Waals surface area contributed by atoms with Crippen LogP contribution < -0.4 is 20.3 Å². The van der Waals surface area contributed by atoms with E-state index in [1.165, 1.54) is 11.3 Å². The minimum absolute atomic E-state index is 0.0769. The van der Waals surface area contributed by atoms with Crippen LogP contribution in [0.5, 0.6) is 5.75 Å². The lowest BCUT2D eigenvalue weighted by molar-refractivity contribution is -0.118. The molecule has 0 spiro atoms. The van der Waals surface area contributed by atoms with Crippen molar-refractivity contribution in [3.05, 3.63) is 35.0 Å². The van der Waals surface area contributed by atoms with Crippen LogP contribution in [0.15, 0.2) is 24.4 Å². The lowest BCUT2D eigenvalue weighted by atomic mass is 10.1. The van der Waals surface area contributed by atoms with E-state index in [9.17, 15) is 9.59 Å². The maximum atomic E-state index is 11.7. The summed E-state index contributed by atoms with van der Waals surface area (Å²) in [4.78, 5) is 32.0. The van der Waals surface area contributed by atoms with Gasteiger partial charge in [-0.2, -0.15) is 0 Å². The van der Waals surface area contributed by atoms with Crippen molar-refractivity contribution in [2.24, 2.45) is 0 Å². The van der Waals surface area contributed by atoms with Crippen LogP contribution in [0.1, 0.15) is 15.4 Å². The molecule has 1 fully saturated rings. The number of amides is 2. The molecule has 8 nitrogen and oxygen atoms in total. The molecule has 4 rings (SSSR count). The monoisotopic (exact) mass is 387 g/mol. The molecular weight excluding hydrogens is 366 g/mol. The molecule has 2 aromatic rings. The van der Waals surface area contributed by atoms with Crippen molar-refractivity contribution >= 4 is 33.8 Å². The predicted octanol–water partition coefficient (Wildman–Crippen LogP) is 1.16. The number of hydrogen-bond acceptors (Lipinski definition) is 7. The van der Waals surface area contributed by atoms with Crippen LogP contribution in [0.4, 0.5) is 10.7 Å². The number of fused-ring (bicyclic) bond motifs is 1. The van der Waals surface area contributed by atoms with Gasteiger partial charge in [-0.1, -0.05) is 17.4 Å². The van der Waals surface area contributed by atoms with E-state index in [4.69, 9.17) is 4.74 Å². The zero-order valence-electron chi connectivity index (χ0n) is 15.0. The normalized spacial score (nSPS) is 17.1. The Hall–Kier alpha value is -2.65. The fraction of sp³-hybridized carbons (Fsp3) is 0.389. The molecule has 27 heavy (non-hydrogen) atoms. The highest BCUT2D eigenvalue weighted by Gasteiger charge is 2.21. The third-order valence-corrected chi connectivity index (χ3v) is 5.74. The zero-order valence-corrected chi connectivity index (χ0v) is 15.8. The van der Waals surface area contributed by atoms with Crippen molar-refractivity contribution in [2.75, 3.05) is 50.1 Å². The highest BCUT2D eigenvalue weighted by Crippen LogP contribution is 2.29. The molecule has 9 heteroatoms. The Balaban J connectivity index is 1.34. The first-order chi connectivity index (χ1) is 13.1. The van der Waals surface area contributed by atoms with Crippen molar-refractivity contribution in [3.63, 3.8) is 0 Å². The van der Waals surface area contributed by atoms with Gasteiger partial charge in [-0.3, -0.25) is 14.5 Å². The topological polar surface area (TPSA) is 86.8 Å². The number of carbonyl (C=O) groups is 2. The number of nitrogens with one attached hydrogen (secondary N) is 2. The van der Waals surface area contributed by atoms with Crippen LogP contribution >= 0.6 is 11.3 Å². The number of rotatable bonds is 4. The average Bonchev–Trinajstić information content (AvgIpc) is 3.18. The van der Waals surface area contributed by atoms with Gasteiger partial charge in [-0.15, -0.1) is 0 Å². The van der Waals surface area contributed by atoms with Gasteiger partial charge in [-0.25, -0.2) is 4.98 Å². The van der Waals surface area contributed by atoms with Crippen molar-refractivity contribution in [2.45, 2.75) is 6.54 Å². The van der Waals surface area contributed by atoms with Crippen molar-refractivity contribution < 1.29 is 14.3 Å². The zero-order chi connectivity index (χ0) is 18.8. The van der Waals surface area contributed by atoms with E-state index in [1.807, 2.05) is 18.2 Å². The molecule has 2 aliphatic heterocycles. The summed E-state index contributed by atoms with van der Waals surface area (Å²) in [7, 11) is 1.61. The summed E-state index contributed by atoms with van der Waals surface area (Å²) in [5.41, 5.74) is 1.89. The smallest absolute Gasteiger partial charge is 0.280 e. The second-order valence-corrected chi connectivity index (χ2v) is 7.52. The maximum absolute atomic E-state index is 11.7. The molecule has 0 radical (unpaired) electrons. The van der Waals surface area contributed by atoms with Gasteiger partial charge in [0.1, 0.15) is 10.8 Å². The van der Waals surface area contributed by atoms with Crippen LogP contribution in [-0.4, -0.2) is 61.5 Å². The second kappa shape index (κ2) is 7.53. The van der Waals surface area contributed by atoms with E-state index in [-0.39, 0.29) is 18.4 Å². The third-order valence-electron chi connectivity index (χ3n) is 4.68. The second-order valence-electron chi connectivity index (χ2n) is 6.51. The third kappa shape index (κ3) is 3.88. The van der Waals surface area contributed by atoms with Crippen LogP contribution in [0.2, 0.25) is 0 Å². The van der Waals surface area contributed by atoms with Crippen molar-refractivity contribution in [1.82, 2.24) is 15.2 Å². The molecule has 0 bridgehead atoms. The molecule has 0 unspecified atom stereocenters. The molecule has 3 heterocycles. The highest BCUT2D eigenvalue weighted by molar-refractivity contribution is 7.17. The number of thiazole rings is 1. The van der Waals surface area contributed by atoms with Crippen molar-refractivity contribution in [3.8, 4) is 5.75 Å². The Bertz CT molecular complexity index is 860. The molecule has 0 saturated carbocycles. The van der Waals surface area contributed by atoms with E-state index in [0.717, 1.165) is 54.7 Å². The first-order valence-electron chi connectivity index (χ1n) is 8.83. The van der Waals surface area contributed by atoms with E-state index in [0.29, 0.717) is 5.01 Å². The Morgan fingerprint density at radius 3 is 2.93 bits per heavy atom. The van der Waals surface area contributed by atoms with E-state index >= 15 is 0 Å². The van der Waals surface area contributed by atoms with Crippen LogP contribution in [-0.2, 0) is 11.3 Å². The fourth-order valence-electron chi connectivity index (χ4n) is 3.24. The predicted molar refractivity (Wildman–Crippen MR) is 104 cm³/mol. The number of anilines is 2. The first kappa shape index (κ1) is 17.7. The van der Waals surface area contributed by atoms with Crippen LogP contribution in [0.3, 0.4) is 0 Å². The quantitative estimate of drug-likeness (QED) is 0.819. The fourth-order valence-corrected chi connectivity index (χ4v) is 4.15. The number of aromatic nitrogens is 1. The minimum Gasteiger partial charge on any atom is -0.482 e. The Kier molecular flexibility index (Phi) is 4.95. The molecule has 1 saturated heterocycles. The summed E-state index contributed by atoms with van der Waals surface area (Å²) < 4.78 is 5.41. The van der Waals surface area contributed by atoms with Gasteiger partial charge < -0.3 is 20.3 Å². The summed E-state index contributed by atoms with van der Waals surface area (Å²) in [6.07, 6.45) is 1.77. The van der Waals surface area contributed by atoms with Gasteiger partial charge in [0.15, 0.2) is 11.6 Å². The average molecular weight is 387 g/mol. The molecule has 2 aliphatic rings. The largest absolute Gasteiger partial charge is 0.482 e. The standard InChI is InChI=1S/C18H21N5O3S/c1-19-17(25)18-20-9-16(27-18)23-6-4-22(5-7-23)10-12-2-3-14-13(8-12)21-15(24)11-26-14/h2-3,8-9H,4-7,10-11H2,1H3,(H,19,25)(H,21,24). The molecule has 1 aromatic carbocycles. The summed E-state index contributed by atoms with van der Waals surface area (Å²) in [5, 5.41) is 6.98. The summed E-state index contributed by atoms with van der Waals surface area (Å²) >= 11 is 1.42. The van der Waals surface area contributed by atoms with E-state index < -0.39 is 0 Å². The maximum Gasteiger partial charge on any atom is 0.280 e. The molecule has 2 amide bonds.